The highest BCUT2D eigenvalue weighted by Gasteiger charge is 2.22. The average molecular weight is 412 g/mol. The van der Waals surface area contributed by atoms with Crippen LogP contribution in [0.5, 0.6) is 0 Å². The molecule has 1 aliphatic heterocycles. The molecule has 1 aromatic heterocycles. The van der Waals surface area contributed by atoms with Crippen molar-refractivity contribution in [1.82, 2.24) is 20.4 Å². The first kappa shape index (κ1) is 22.6. The lowest BCUT2D eigenvalue weighted by atomic mass is 10.1. The molecule has 1 aromatic rings. The molecule has 0 aliphatic carbocycles. The summed E-state index contributed by atoms with van der Waals surface area (Å²) in [5, 5.41) is 17.5. The molecule has 158 valence electrons. The van der Waals surface area contributed by atoms with Gasteiger partial charge in [0, 0.05) is 18.8 Å². The van der Waals surface area contributed by atoms with Crippen LogP contribution in [-0.2, 0) is 12.3 Å². The first-order valence-corrected chi connectivity index (χ1v) is 11.0. The molecular weight excluding hydrogens is 378 g/mol. The second-order valence-electron chi connectivity index (χ2n) is 7.20. The Balaban J connectivity index is 1.74. The van der Waals surface area contributed by atoms with Gasteiger partial charge in [0.05, 0.1) is 23.4 Å². The van der Waals surface area contributed by atoms with Crippen LogP contribution in [0.2, 0.25) is 0 Å². The van der Waals surface area contributed by atoms with Crippen molar-refractivity contribution in [2.45, 2.75) is 44.6 Å². The van der Waals surface area contributed by atoms with Crippen LogP contribution in [0.4, 0.5) is 0 Å². The lowest BCUT2D eigenvalue weighted by Crippen LogP contribution is -2.50. The summed E-state index contributed by atoms with van der Waals surface area (Å²) in [6, 6.07) is 4.03. The Morgan fingerprint density at radius 2 is 2.21 bits per heavy atom. The molecule has 2 heterocycles. The van der Waals surface area contributed by atoms with Gasteiger partial charge in [-0.1, -0.05) is 6.92 Å². The molecule has 1 saturated heterocycles. The summed E-state index contributed by atoms with van der Waals surface area (Å²) in [6.07, 6.45) is 4.53. The summed E-state index contributed by atoms with van der Waals surface area (Å²) in [4.78, 5) is 15.0. The van der Waals surface area contributed by atoms with Gasteiger partial charge in [-0.15, -0.1) is 0 Å². The Morgan fingerprint density at radius 1 is 1.43 bits per heavy atom. The van der Waals surface area contributed by atoms with Crippen molar-refractivity contribution in [2.75, 3.05) is 39.5 Å². The molecular formula is C19H33N5O3S. The number of likely N-dealkylation sites (tertiary alicyclic amines) is 1. The van der Waals surface area contributed by atoms with Gasteiger partial charge in [-0.3, -0.25) is 15.0 Å². The molecule has 0 radical (unpaired) electrons. The standard InChI is InChI=1S/C19H33N5O3S/c1-4-23-11-6-5-7-19(23)21-18(14-24(25)26)20-10-12-28-15-17-9-8-16(27-17)13-22(2)3/h8-9,14,19-21H,4-7,10-13,15H2,1-3H3. The summed E-state index contributed by atoms with van der Waals surface area (Å²) >= 11 is 1.75. The lowest BCUT2D eigenvalue weighted by molar-refractivity contribution is -0.404. The third-order valence-electron chi connectivity index (χ3n) is 4.57. The highest BCUT2D eigenvalue weighted by molar-refractivity contribution is 7.98. The maximum absolute atomic E-state index is 11.0. The van der Waals surface area contributed by atoms with E-state index in [4.69, 9.17) is 4.42 Å². The van der Waals surface area contributed by atoms with Crippen LogP contribution < -0.4 is 10.6 Å². The van der Waals surface area contributed by atoms with E-state index in [1.807, 2.05) is 26.2 Å². The van der Waals surface area contributed by atoms with Gasteiger partial charge >= 0.3 is 0 Å². The van der Waals surface area contributed by atoms with Crippen LogP contribution >= 0.6 is 11.8 Å². The number of rotatable bonds is 12. The summed E-state index contributed by atoms with van der Waals surface area (Å²) < 4.78 is 5.80. The van der Waals surface area contributed by atoms with Crippen LogP contribution in [-0.4, -0.2) is 60.4 Å². The zero-order valence-electron chi connectivity index (χ0n) is 17.1. The van der Waals surface area contributed by atoms with Crippen molar-refractivity contribution in [3.63, 3.8) is 0 Å². The monoisotopic (exact) mass is 411 g/mol. The Morgan fingerprint density at radius 3 is 2.93 bits per heavy atom. The van der Waals surface area contributed by atoms with E-state index in [1.54, 1.807) is 11.8 Å². The van der Waals surface area contributed by atoms with Gasteiger partial charge in [-0.25, -0.2) is 0 Å². The first-order valence-electron chi connectivity index (χ1n) is 9.87. The fourth-order valence-electron chi connectivity index (χ4n) is 3.28. The van der Waals surface area contributed by atoms with Gasteiger partial charge in [0.25, 0.3) is 6.20 Å². The number of nitrogens with one attached hydrogen (secondary N) is 2. The van der Waals surface area contributed by atoms with Crippen LogP contribution in [0.15, 0.2) is 28.6 Å². The summed E-state index contributed by atoms with van der Waals surface area (Å²) in [5.41, 5.74) is 0. The molecule has 8 nitrogen and oxygen atoms in total. The lowest BCUT2D eigenvalue weighted by Gasteiger charge is -2.36. The number of nitrogens with zero attached hydrogens (tertiary/aromatic N) is 3. The Hall–Kier alpha value is -1.71. The molecule has 2 rings (SSSR count). The molecule has 28 heavy (non-hydrogen) atoms. The fourth-order valence-corrected chi connectivity index (χ4v) is 4.03. The molecule has 0 spiro atoms. The van der Waals surface area contributed by atoms with E-state index >= 15 is 0 Å². The van der Waals surface area contributed by atoms with E-state index in [0.717, 1.165) is 61.7 Å². The summed E-state index contributed by atoms with van der Waals surface area (Å²) in [6.45, 7) is 5.55. The largest absolute Gasteiger partial charge is 0.464 e. The minimum absolute atomic E-state index is 0.156. The third-order valence-corrected chi connectivity index (χ3v) is 5.55. The summed E-state index contributed by atoms with van der Waals surface area (Å²) in [5.74, 6) is 4.04. The van der Waals surface area contributed by atoms with Gasteiger partial charge in [0.2, 0.25) is 0 Å². The minimum Gasteiger partial charge on any atom is -0.464 e. The fraction of sp³-hybridized carbons (Fsp3) is 0.684. The number of furan rings is 1. The second kappa shape index (κ2) is 12.0. The predicted molar refractivity (Wildman–Crippen MR) is 113 cm³/mol. The third kappa shape index (κ3) is 8.12. The second-order valence-corrected chi connectivity index (χ2v) is 8.30. The highest BCUT2D eigenvalue weighted by Crippen LogP contribution is 2.17. The average Bonchev–Trinajstić information content (AvgIpc) is 3.07. The molecule has 1 atom stereocenters. The highest BCUT2D eigenvalue weighted by atomic mass is 32.2. The number of hydrogen-bond acceptors (Lipinski definition) is 8. The van der Waals surface area contributed by atoms with E-state index in [1.165, 1.54) is 6.42 Å². The van der Waals surface area contributed by atoms with E-state index in [-0.39, 0.29) is 6.17 Å². The zero-order chi connectivity index (χ0) is 20.4. The molecule has 2 N–H and O–H groups in total. The van der Waals surface area contributed by atoms with Crippen molar-refractivity contribution in [3.8, 4) is 0 Å². The van der Waals surface area contributed by atoms with E-state index in [0.29, 0.717) is 12.4 Å². The Bertz CT molecular complexity index is 635. The van der Waals surface area contributed by atoms with Gasteiger partial charge in [0.15, 0.2) is 5.82 Å². The maximum Gasteiger partial charge on any atom is 0.274 e. The predicted octanol–water partition coefficient (Wildman–Crippen LogP) is 2.66. The van der Waals surface area contributed by atoms with Crippen LogP contribution in [0.25, 0.3) is 0 Å². The SMILES string of the molecule is CCN1CCCCC1NC(=C[N+](=O)[O-])NCCSCc1ccc(CN(C)C)o1. The number of hydrogen-bond donors (Lipinski definition) is 2. The summed E-state index contributed by atoms with van der Waals surface area (Å²) in [7, 11) is 4.03. The molecule has 1 unspecified atom stereocenters. The molecule has 0 aromatic carbocycles. The molecule has 9 heteroatoms. The van der Waals surface area contributed by atoms with E-state index < -0.39 is 4.92 Å². The topological polar surface area (TPSA) is 86.8 Å². The van der Waals surface area contributed by atoms with Gasteiger partial charge < -0.3 is 20.0 Å². The number of thioether (sulfide) groups is 1. The van der Waals surface area contributed by atoms with Gasteiger partial charge in [0.1, 0.15) is 11.5 Å². The minimum atomic E-state index is -0.406. The molecule has 1 fully saturated rings. The van der Waals surface area contributed by atoms with Crippen LogP contribution in [0, 0.1) is 10.1 Å². The molecule has 0 saturated carbocycles. The van der Waals surface area contributed by atoms with Crippen molar-refractivity contribution >= 4 is 11.8 Å². The Labute approximate surface area is 171 Å². The van der Waals surface area contributed by atoms with Gasteiger partial charge in [-0.2, -0.15) is 11.8 Å². The van der Waals surface area contributed by atoms with E-state index in [9.17, 15) is 10.1 Å². The normalized spacial score (nSPS) is 18.4. The van der Waals surface area contributed by atoms with Crippen molar-refractivity contribution in [2.24, 2.45) is 0 Å². The maximum atomic E-state index is 11.0. The number of nitro groups is 1. The molecule has 0 amide bonds. The molecule has 0 bridgehead atoms. The number of piperidine rings is 1. The zero-order valence-corrected chi connectivity index (χ0v) is 18.0. The molecule has 1 aliphatic rings. The van der Waals surface area contributed by atoms with Crippen molar-refractivity contribution < 1.29 is 9.34 Å². The quantitative estimate of drug-likeness (QED) is 0.308. The Kier molecular flexibility index (Phi) is 9.66. The van der Waals surface area contributed by atoms with Crippen LogP contribution in [0.1, 0.15) is 37.7 Å². The van der Waals surface area contributed by atoms with Crippen LogP contribution in [0.3, 0.4) is 0 Å². The van der Waals surface area contributed by atoms with Crippen molar-refractivity contribution in [3.05, 3.63) is 45.8 Å². The van der Waals surface area contributed by atoms with E-state index in [2.05, 4.69) is 27.4 Å². The van der Waals surface area contributed by atoms with Gasteiger partial charge in [-0.05, 0) is 52.0 Å². The first-order chi connectivity index (χ1) is 13.5. The van der Waals surface area contributed by atoms with Crippen molar-refractivity contribution in [1.29, 1.82) is 0 Å². The smallest absolute Gasteiger partial charge is 0.274 e.